The number of nitrogens with one attached hydrogen (secondary N) is 2. The molecule has 0 saturated carbocycles. The minimum absolute atomic E-state index is 0.0650. The molecule has 0 bridgehead atoms. The van der Waals surface area contributed by atoms with E-state index < -0.39 is 22.1 Å². The molecule has 0 fully saturated rings. The number of aromatic nitrogens is 1. The van der Waals surface area contributed by atoms with E-state index in [1.165, 1.54) is 17.7 Å². The van der Waals surface area contributed by atoms with Crippen molar-refractivity contribution in [3.8, 4) is 12.3 Å². The molecule has 6 nitrogen and oxygen atoms in total. The zero-order valence-corrected chi connectivity index (χ0v) is 16.4. The van der Waals surface area contributed by atoms with Crippen molar-refractivity contribution in [3.05, 3.63) is 47.2 Å². The van der Waals surface area contributed by atoms with Gasteiger partial charge in [0.2, 0.25) is 10.0 Å². The third kappa shape index (κ3) is 4.69. The van der Waals surface area contributed by atoms with Gasteiger partial charge in [-0.2, -0.15) is 0 Å². The lowest BCUT2D eigenvalue weighted by molar-refractivity contribution is 0.142. The van der Waals surface area contributed by atoms with Crippen LogP contribution in [0.25, 0.3) is 6.08 Å². The standard InChI is InChI=1S/C19H24FN3O3S/c1-6-12(2)16(20)10-8-13(3)21-19(24)18-15-9-7-14(4)22-27(25,26)17(15)11-23(18)5/h1,7,9,11,14,19,21-22,24H,3,8,10H2,2,4-5H3/b16-12-/t14-,19?/m0/s1. The van der Waals surface area contributed by atoms with E-state index in [9.17, 15) is 17.9 Å². The monoisotopic (exact) mass is 393 g/mol. The summed E-state index contributed by atoms with van der Waals surface area (Å²) in [7, 11) is -2.05. The highest BCUT2D eigenvalue weighted by molar-refractivity contribution is 7.89. The number of sulfonamides is 1. The minimum Gasteiger partial charge on any atom is -0.368 e. The van der Waals surface area contributed by atoms with Crippen LogP contribution in [0, 0.1) is 12.3 Å². The van der Waals surface area contributed by atoms with E-state index in [-0.39, 0.29) is 29.4 Å². The van der Waals surface area contributed by atoms with Gasteiger partial charge in [0.1, 0.15) is 10.7 Å². The molecule has 2 heterocycles. The molecule has 8 heteroatoms. The van der Waals surface area contributed by atoms with Gasteiger partial charge in [0.25, 0.3) is 0 Å². The summed E-state index contributed by atoms with van der Waals surface area (Å²) in [6.45, 7) is 7.03. The minimum atomic E-state index is -3.69. The third-order valence-electron chi connectivity index (χ3n) is 4.28. The van der Waals surface area contributed by atoms with Crippen LogP contribution in [0.15, 0.2) is 40.8 Å². The number of fused-ring (bicyclic) bond motifs is 1. The average molecular weight is 393 g/mol. The zero-order valence-electron chi connectivity index (χ0n) is 15.6. The van der Waals surface area contributed by atoms with Gasteiger partial charge >= 0.3 is 0 Å². The van der Waals surface area contributed by atoms with E-state index in [2.05, 4.69) is 22.5 Å². The highest BCUT2D eigenvalue weighted by Gasteiger charge is 2.29. The Hall–Kier alpha value is -2.34. The molecule has 0 radical (unpaired) electrons. The second-order valence-electron chi connectivity index (χ2n) is 6.50. The summed E-state index contributed by atoms with van der Waals surface area (Å²) >= 11 is 0. The Morgan fingerprint density at radius 3 is 2.85 bits per heavy atom. The average Bonchev–Trinajstić information content (AvgIpc) is 2.88. The van der Waals surface area contributed by atoms with E-state index in [1.807, 2.05) is 0 Å². The van der Waals surface area contributed by atoms with Crippen LogP contribution in [-0.2, 0) is 17.1 Å². The first kappa shape index (κ1) is 21.0. The lowest BCUT2D eigenvalue weighted by atomic mass is 10.1. The second kappa shape index (κ2) is 8.13. The molecule has 2 atom stereocenters. The summed E-state index contributed by atoms with van der Waals surface area (Å²) < 4.78 is 42.7. The largest absolute Gasteiger partial charge is 0.368 e. The molecule has 27 heavy (non-hydrogen) atoms. The third-order valence-corrected chi connectivity index (χ3v) is 5.87. The number of halogens is 1. The number of aryl methyl sites for hydroxylation is 1. The number of aliphatic hydroxyl groups is 1. The van der Waals surface area contributed by atoms with Crippen molar-refractivity contribution in [1.82, 2.24) is 14.6 Å². The number of hydrogen-bond acceptors (Lipinski definition) is 4. The molecule has 0 aliphatic carbocycles. The Kier molecular flexibility index (Phi) is 6.31. The van der Waals surface area contributed by atoms with Crippen LogP contribution in [0.5, 0.6) is 0 Å². The van der Waals surface area contributed by atoms with Crippen molar-refractivity contribution in [2.75, 3.05) is 0 Å². The molecule has 1 aromatic heterocycles. The summed E-state index contributed by atoms with van der Waals surface area (Å²) in [4.78, 5) is 0.0886. The summed E-state index contributed by atoms with van der Waals surface area (Å²) in [6, 6.07) is -0.366. The molecule has 0 amide bonds. The van der Waals surface area contributed by atoms with Crippen LogP contribution in [0.2, 0.25) is 0 Å². The first-order valence-electron chi connectivity index (χ1n) is 8.40. The van der Waals surface area contributed by atoms with E-state index >= 15 is 0 Å². The summed E-state index contributed by atoms with van der Waals surface area (Å²) in [5.41, 5.74) is 1.41. The molecule has 0 spiro atoms. The molecular weight excluding hydrogens is 369 g/mol. The number of terminal acetylenes is 1. The highest BCUT2D eigenvalue weighted by atomic mass is 32.2. The van der Waals surface area contributed by atoms with Crippen molar-refractivity contribution in [2.45, 2.75) is 43.9 Å². The molecule has 1 aliphatic heterocycles. The molecule has 1 aromatic rings. The maximum atomic E-state index is 13.7. The predicted octanol–water partition coefficient (Wildman–Crippen LogP) is 2.47. The van der Waals surface area contributed by atoms with Gasteiger partial charge in [-0.25, -0.2) is 17.5 Å². The fourth-order valence-corrected chi connectivity index (χ4v) is 4.26. The fraction of sp³-hybridized carbons (Fsp3) is 0.368. The summed E-state index contributed by atoms with van der Waals surface area (Å²) in [6.07, 6.45) is 9.07. The van der Waals surface area contributed by atoms with Gasteiger partial charge < -0.3 is 15.0 Å². The van der Waals surface area contributed by atoms with Gasteiger partial charge in [0.15, 0.2) is 6.23 Å². The van der Waals surface area contributed by atoms with Crippen molar-refractivity contribution >= 4 is 16.1 Å². The maximum Gasteiger partial charge on any atom is 0.243 e. The first-order chi connectivity index (χ1) is 12.6. The molecule has 0 aromatic carbocycles. The Morgan fingerprint density at radius 1 is 1.56 bits per heavy atom. The Morgan fingerprint density at radius 2 is 2.22 bits per heavy atom. The normalized spacial score (nSPS) is 20.1. The highest BCUT2D eigenvalue weighted by Crippen LogP contribution is 2.30. The van der Waals surface area contributed by atoms with E-state index in [0.29, 0.717) is 17.0 Å². The molecule has 3 N–H and O–H groups in total. The van der Waals surface area contributed by atoms with Gasteiger partial charge in [0, 0.05) is 42.5 Å². The molecule has 146 valence electrons. The molecule has 1 aliphatic rings. The van der Waals surface area contributed by atoms with Gasteiger partial charge in [-0.05, 0) is 20.3 Å². The topological polar surface area (TPSA) is 83.4 Å². The van der Waals surface area contributed by atoms with Crippen LogP contribution in [-0.4, -0.2) is 24.1 Å². The Bertz CT molecular complexity index is 952. The van der Waals surface area contributed by atoms with Crippen LogP contribution >= 0.6 is 0 Å². The number of hydrogen-bond donors (Lipinski definition) is 3. The Labute approximate surface area is 159 Å². The SMILES string of the molecule is C#C/C(C)=C(\F)CCC(=C)NC(O)c1c2c(cn1C)S(=O)(=O)N[C@@H](C)C=C2. The lowest BCUT2D eigenvalue weighted by Crippen LogP contribution is -2.30. The quantitative estimate of drug-likeness (QED) is 0.512. The summed E-state index contributed by atoms with van der Waals surface area (Å²) in [5.74, 6) is 1.84. The van der Waals surface area contributed by atoms with Crippen molar-refractivity contribution in [3.63, 3.8) is 0 Å². The fourth-order valence-electron chi connectivity index (χ4n) is 2.80. The van der Waals surface area contributed by atoms with Gasteiger partial charge in [-0.1, -0.05) is 24.7 Å². The molecule has 2 rings (SSSR count). The van der Waals surface area contributed by atoms with E-state index in [1.54, 1.807) is 26.1 Å². The number of nitrogens with zero attached hydrogens (tertiary/aromatic N) is 1. The smallest absolute Gasteiger partial charge is 0.243 e. The van der Waals surface area contributed by atoms with E-state index in [4.69, 9.17) is 6.42 Å². The van der Waals surface area contributed by atoms with Crippen LogP contribution in [0.3, 0.4) is 0 Å². The first-order valence-corrected chi connectivity index (χ1v) is 9.89. The number of allylic oxidation sites excluding steroid dienone is 3. The molecule has 0 saturated heterocycles. The van der Waals surface area contributed by atoms with Crippen molar-refractivity contribution < 1.29 is 17.9 Å². The van der Waals surface area contributed by atoms with Crippen LogP contribution in [0.1, 0.15) is 44.2 Å². The Balaban J connectivity index is 2.22. The van der Waals surface area contributed by atoms with Crippen LogP contribution < -0.4 is 10.0 Å². The van der Waals surface area contributed by atoms with Crippen molar-refractivity contribution in [1.29, 1.82) is 0 Å². The summed E-state index contributed by atoms with van der Waals surface area (Å²) in [5, 5.41) is 13.4. The van der Waals surface area contributed by atoms with Gasteiger partial charge in [-0.3, -0.25) is 0 Å². The van der Waals surface area contributed by atoms with E-state index in [0.717, 1.165) is 0 Å². The van der Waals surface area contributed by atoms with Crippen LogP contribution in [0.4, 0.5) is 4.39 Å². The van der Waals surface area contributed by atoms with Crippen molar-refractivity contribution in [2.24, 2.45) is 7.05 Å². The zero-order chi connectivity index (χ0) is 20.4. The predicted molar refractivity (Wildman–Crippen MR) is 103 cm³/mol. The lowest BCUT2D eigenvalue weighted by Gasteiger charge is -2.18. The van der Waals surface area contributed by atoms with Gasteiger partial charge in [-0.15, -0.1) is 6.42 Å². The number of aliphatic hydroxyl groups excluding tert-OH is 1. The van der Waals surface area contributed by atoms with Gasteiger partial charge in [0.05, 0.1) is 5.69 Å². The maximum absolute atomic E-state index is 13.7. The molecule has 1 unspecified atom stereocenters. The number of rotatable bonds is 6. The molecular formula is C19H24FN3O3S. The second-order valence-corrected chi connectivity index (χ2v) is 8.18.